The molecular weight excluding hydrogens is 368 g/mol. The van der Waals surface area contributed by atoms with Crippen LogP contribution < -0.4 is 5.32 Å². The molecule has 0 saturated carbocycles. The molecule has 1 heterocycles. The Bertz CT molecular complexity index is 632. The average molecular weight is 388 g/mol. The van der Waals surface area contributed by atoms with Crippen molar-refractivity contribution in [1.82, 2.24) is 20.0 Å². The standard InChI is InChI=1S/C15H19BrN4O.ClH/c1-17-14(12-8-18-20(3)10-12)15(21)19(2)9-11-5-4-6-13(16)7-11;/h4-8,10,14,17H,9H2,1-3H3;1H. The van der Waals surface area contributed by atoms with Gasteiger partial charge in [0.15, 0.2) is 0 Å². The number of amides is 1. The van der Waals surface area contributed by atoms with E-state index >= 15 is 0 Å². The summed E-state index contributed by atoms with van der Waals surface area (Å²) in [5.74, 6) is 0.0190. The van der Waals surface area contributed by atoms with Gasteiger partial charge in [-0.2, -0.15) is 5.10 Å². The number of carbonyl (C=O) groups excluding carboxylic acids is 1. The zero-order valence-corrected chi connectivity index (χ0v) is 15.2. The Hall–Kier alpha value is -1.37. The first kappa shape index (κ1) is 18.7. The van der Waals surface area contributed by atoms with Crippen LogP contribution in [0, 0.1) is 0 Å². The molecule has 0 saturated heterocycles. The predicted molar refractivity (Wildman–Crippen MR) is 92.9 cm³/mol. The van der Waals surface area contributed by atoms with Crippen molar-refractivity contribution in [3.63, 3.8) is 0 Å². The Morgan fingerprint density at radius 3 is 2.77 bits per heavy atom. The van der Waals surface area contributed by atoms with E-state index in [0.717, 1.165) is 15.6 Å². The highest BCUT2D eigenvalue weighted by Crippen LogP contribution is 2.17. The Morgan fingerprint density at radius 1 is 1.50 bits per heavy atom. The fourth-order valence-corrected chi connectivity index (χ4v) is 2.68. The van der Waals surface area contributed by atoms with Crippen LogP contribution >= 0.6 is 28.3 Å². The molecule has 5 nitrogen and oxygen atoms in total. The van der Waals surface area contributed by atoms with Gasteiger partial charge >= 0.3 is 0 Å². The van der Waals surface area contributed by atoms with Crippen LogP contribution in [-0.4, -0.2) is 34.7 Å². The predicted octanol–water partition coefficient (Wildman–Crippen LogP) is 2.52. The summed E-state index contributed by atoms with van der Waals surface area (Å²) >= 11 is 3.44. The van der Waals surface area contributed by atoms with Gasteiger partial charge in [0.1, 0.15) is 6.04 Å². The van der Waals surface area contributed by atoms with Crippen LogP contribution in [0.3, 0.4) is 0 Å². The lowest BCUT2D eigenvalue weighted by Crippen LogP contribution is -2.37. The fourth-order valence-electron chi connectivity index (χ4n) is 2.23. The number of likely N-dealkylation sites (N-methyl/N-ethyl adjacent to an activating group) is 2. The molecule has 0 aliphatic rings. The van der Waals surface area contributed by atoms with E-state index in [9.17, 15) is 4.79 Å². The third-order valence-electron chi connectivity index (χ3n) is 3.28. The van der Waals surface area contributed by atoms with Crippen molar-refractivity contribution in [2.24, 2.45) is 7.05 Å². The summed E-state index contributed by atoms with van der Waals surface area (Å²) in [5, 5.41) is 7.18. The maximum Gasteiger partial charge on any atom is 0.244 e. The summed E-state index contributed by atoms with van der Waals surface area (Å²) in [6.07, 6.45) is 3.57. The minimum absolute atomic E-state index is 0. The molecule has 2 aromatic rings. The third kappa shape index (κ3) is 4.56. The van der Waals surface area contributed by atoms with Gasteiger partial charge in [0, 0.05) is 36.9 Å². The van der Waals surface area contributed by atoms with Crippen molar-refractivity contribution in [2.75, 3.05) is 14.1 Å². The molecule has 0 bridgehead atoms. The van der Waals surface area contributed by atoms with Gasteiger partial charge in [-0.25, -0.2) is 0 Å². The van der Waals surface area contributed by atoms with E-state index in [1.165, 1.54) is 0 Å². The number of nitrogens with one attached hydrogen (secondary N) is 1. The number of benzene rings is 1. The van der Waals surface area contributed by atoms with Crippen LogP contribution in [0.4, 0.5) is 0 Å². The van der Waals surface area contributed by atoms with Crippen molar-refractivity contribution >= 4 is 34.2 Å². The first-order valence-electron chi connectivity index (χ1n) is 6.66. The monoisotopic (exact) mass is 386 g/mol. The Balaban J connectivity index is 0.00000242. The van der Waals surface area contributed by atoms with E-state index in [4.69, 9.17) is 0 Å². The highest BCUT2D eigenvalue weighted by Gasteiger charge is 2.23. The Morgan fingerprint density at radius 2 is 2.23 bits per heavy atom. The van der Waals surface area contributed by atoms with Crippen molar-refractivity contribution in [3.8, 4) is 0 Å². The first-order valence-corrected chi connectivity index (χ1v) is 7.46. The summed E-state index contributed by atoms with van der Waals surface area (Å²) in [5.41, 5.74) is 1.95. The third-order valence-corrected chi connectivity index (χ3v) is 3.77. The summed E-state index contributed by atoms with van der Waals surface area (Å²) < 4.78 is 2.71. The normalized spacial score (nSPS) is 11.6. The van der Waals surface area contributed by atoms with Crippen molar-refractivity contribution < 1.29 is 4.79 Å². The molecule has 1 N–H and O–H groups in total. The van der Waals surface area contributed by atoms with E-state index in [-0.39, 0.29) is 24.4 Å². The number of hydrogen-bond donors (Lipinski definition) is 1. The van der Waals surface area contributed by atoms with Gasteiger partial charge in [0.2, 0.25) is 5.91 Å². The molecule has 0 fully saturated rings. The van der Waals surface area contributed by atoms with E-state index in [1.807, 2.05) is 44.6 Å². The SMILES string of the molecule is CNC(C(=O)N(C)Cc1cccc(Br)c1)c1cnn(C)c1.Cl. The van der Waals surface area contributed by atoms with Crippen LogP contribution in [-0.2, 0) is 18.4 Å². The fraction of sp³-hybridized carbons (Fsp3) is 0.333. The van der Waals surface area contributed by atoms with E-state index in [1.54, 1.807) is 22.8 Å². The molecule has 0 aliphatic heterocycles. The molecule has 1 aromatic heterocycles. The molecule has 1 aromatic carbocycles. The van der Waals surface area contributed by atoms with Gasteiger partial charge < -0.3 is 10.2 Å². The topological polar surface area (TPSA) is 50.2 Å². The number of hydrogen-bond acceptors (Lipinski definition) is 3. The smallest absolute Gasteiger partial charge is 0.244 e. The van der Waals surface area contributed by atoms with Crippen LogP contribution in [0.5, 0.6) is 0 Å². The van der Waals surface area contributed by atoms with Crippen LogP contribution in [0.15, 0.2) is 41.1 Å². The van der Waals surface area contributed by atoms with Gasteiger partial charge in [-0.1, -0.05) is 28.1 Å². The summed E-state index contributed by atoms with van der Waals surface area (Å²) in [6.45, 7) is 0.566. The molecule has 120 valence electrons. The van der Waals surface area contributed by atoms with E-state index in [0.29, 0.717) is 6.54 Å². The number of nitrogens with zero attached hydrogens (tertiary/aromatic N) is 3. The highest BCUT2D eigenvalue weighted by atomic mass is 79.9. The van der Waals surface area contributed by atoms with E-state index < -0.39 is 0 Å². The molecule has 0 spiro atoms. The molecule has 1 unspecified atom stereocenters. The number of aromatic nitrogens is 2. The lowest BCUT2D eigenvalue weighted by atomic mass is 10.1. The van der Waals surface area contributed by atoms with Gasteiger partial charge in [0.25, 0.3) is 0 Å². The minimum atomic E-state index is -0.379. The van der Waals surface area contributed by atoms with Crippen LogP contribution in [0.1, 0.15) is 17.2 Å². The van der Waals surface area contributed by atoms with Gasteiger partial charge in [-0.05, 0) is 24.7 Å². The second kappa shape index (κ2) is 8.31. The average Bonchev–Trinajstić information content (AvgIpc) is 2.86. The number of halogens is 2. The molecule has 0 aliphatic carbocycles. The summed E-state index contributed by atoms with van der Waals surface area (Å²) in [7, 11) is 5.43. The molecule has 0 radical (unpaired) electrons. The van der Waals surface area contributed by atoms with E-state index in [2.05, 4.69) is 26.3 Å². The number of carbonyl (C=O) groups is 1. The lowest BCUT2D eigenvalue weighted by molar-refractivity contribution is -0.132. The minimum Gasteiger partial charge on any atom is -0.340 e. The molecule has 7 heteroatoms. The van der Waals surface area contributed by atoms with Crippen LogP contribution in [0.25, 0.3) is 0 Å². The molecule has 1 amide bonds. The largest absolute Gasteiger partial charge is 0.340 e. The molecule has 2 rings (SSSR count). The number of aryl methyl sites for hydroxylation is 1. The van der Waals surface area contributed by atoms with Crippen LogP contribution in [0.2, 0.25) is 0 Å². The Kier molecular flexibility index (Phi) is 7.06. The molecule has 22 heavy (non-hydrogen) atoms. The summed E-state index contributed by atoms with van der Waals surface area (Å²) in [4.78, 5) is 14.3. The maximum atomic E-state index is 12.6. The van der Waals surface area contributed by atoms with Crippen molar-refractivity contribution in [3.05, 3.63) is 52.3 Å². The highest BCUT2D eigenvalue weighted by molar-refractivity contribution is 9.10. The Labute approximate surface area is 145 Å². The second-order valence-electron chi connectivity index (χ2n) is 4.99. The summed E-state index contributed by atoms with van der Waals surface area (Å²) in [6, 6.07) is 7.58. The zero-order valence-electron chi connectivity index (χ0n) is 12.8. The van der Waals surface area contributed by atoms with Gasteiger partial charge in [0.05, 0.1) is 6.20 Å². The van der Waals surface area contributed by atoms with Crippen molar-refractivity contribution in [1.29, 1.82) is 0 Å². The number of rotatable bonds is 5. The van der Waals surface area contributed by atoms with Gasteiger partial charge in [-0.15, -0.1) is 12.4 Å². The quantitative estimate of drug-likeness (QED) is 0.858. The first-order chi connectivity index (χ1) is 10.0. The second-order valence-corrected chi connectivity index (χ2v) is 5.91. The molecule has 1 atom stereocenters. The maximum absolute atomic E-state index is 12.6. The molecular formula is C15H20BrClN4O. The zero-order chi connectivity index (χ0) is 15.4. The van der Waals surface area contributed by atoms with Gasteiger partial charge in [-0.3, -0.25) is 9.48 Å². The lowest BCUT2D eigenvalue weighted by Gasteiger charge is -2.23. The van der Waals surface area contributed by atoms with Crippen molar-refractivity contribution in [2.45, 2.75) is 12.6 Å².